The molecule has 0 saturated heterocycles. The molecular formula is C21H22Cl2F2N4O4S. The van der Waals surface area contributed by atoms with Crippen molar-refractivity contribution in [2.24, 2.45) is 0 Å². The zero-order valence-electron chi connectivity index (χ0n) is 18.1. The van der Waals surface area contributed by atoms with E-state index in [0.717, 1.165) is 12.1 Å². The average Bonchev–Trinajstić information content (AvgIpc) is 3.27. The van der Waals surface area contributed by atoms with Crippen molar-refractivity contribution >= 4 is 35.0 Å². The third-order valence-corrected chi connectivity index (χ3v) is 6.46. The first kappa shape index (κ1) is 26.7. The van der Waals surface area contributed by atoms with Crippen LogP contribution in [0.2, 0.25) is 10.0 Å². The van der Waals surface area contributed by atoms with E-state index < -0.39 is 47.0 Å². The van der Waals surface area contributed by atoms with Gasteiger partial charge in [-0.05, 0) is 25.1 Å². The van der Waals surface area contributed by atoms with Gasteiger partial charge in [-0.2, -0.15) is 0 Å². The van der Waals surface area contributed by atoms with Gasteiger partial charge in [0.1, 0.15) is 40.0 Å². The maximum atomic E-state index is 13.8. The number of aliphatic hydroxyl groups excluding tert-OH is 2. The number of hydrogen-bond donors (Lipinski definition) is 2. The van der Waals surface area contributed by atoms with E-state index in [1.54, 1.807) is 12.3 Å². The molecule has 2 N–H and O–H groups in total. The summed E-state index contributed by atoms with van der Waals surface area (Å²) in [7, 11) is 1.47. The topological polar surface area (TPSA) is 103 Å². The molecule has 2 aromatic heterocycles. The van der Waals surface area contributed by atoms with Crippen LogP contribution in [-0.4, -0.2) is 67.7 Å². The molecule has 0 aliphatic carbocycles. The van der Waals surface area contributed by atoms with E-state index in [4.69, 9.17) is 32.7 Å². The fraction of sp³-hybridized carbons (Fsp3) is 0.381. The minimum absolute atomic E-state index is 0.131. The van der Waals surface area contributed by atoms with Gasteiger partial charge < -0.3 is 19.7 Å². The molecule has 34 heavy (non-hydrogen) atoms. The lowest BCUT2D eigenvalue weighted by atomic mass is 10.1. The molecule has 0 radical (unpaired) electrons. The van der Waals surface area contributed by atoms with E-state index in [0.29, 0.717) is 9.92 Å². The molecule has 2 unspecified atom stereocenters. The number of aromatic nitrogens is 4. The lowest BCUT2D eigenvalue weighted by Crippen LogP contribution is -2.40. The van der Waals surface area contributed by atoms with Gasteiger partial charge in [-0.15, -0.1) is 5.10 Å². The number of pyridine rings is 1. The largest absolute Gasteiger partial charge is 0.394 e. The third-order valence-electron chi connectivity index (χ3n) is 4.75. The summed E-state index contributed by atoms with van der Waals surface area (Å²) >= 11 is 12.8. The second-order valence-corrected chi connectivity index (χ2v) is 9.26. The summed E-state index contributed by atoms with van der Waals surface area (Å²) in [6.45, 7) is 1.21. The van der Waals surface area contributed by atoms with Crippen molar-refractivity contribution in [2.75, 3.05) is 13.7 Å². The van der Waals surface area contributed by atoms with Crippen molar-refractivity contribution in [3.63, 3.8) is 0 Å². The summed E-state index contributed by atoms with van der Waals surface area (Å²) in [5, 5.41) is 27.4. The first-order valence-electron chi connectivity index (χ1n) is 10.0. The number of benzene rings is 1. The van der Waals surface area contributed by atoms with E-state index in [2.05, 4.69) is 15.3 Å². The molecule has 0 aliphatic heterocycles. The lowest BCUT2D eigenvalue weighted by molar-refractivity contribution is -0.105. The van der Waals surface area contributed by atoms with Gasteiger partial charge in [0.25, 0.3) is 0 Å². The predicted molar refractivity (Wildman–Crippen MR) is 124 cm³/mol. The fourth-order valence-corrected chi connectivity index (χ4v) is 4.42. The number of ether oxygens (including phenoxy) is 2. The number of aliphatic hydroxyl groups is 2. The summed E-state index contributed by atoms with van der Waals surface area (Å²) in [5.41, 5.74) is -0.331. The zero-order chi connectivity index (χ0) is 24.8. The van der Waals surface area contributed by atoms with E-state index in [1.165, 1.54) is 42.9 Å². The lowest BCUT2D eigenvalue weighted by Gasteiger charge is -2.30. The van der Waals surface area contributed by atoms with Crippen LogP contribution in [0.25, 0.3) is 11.3 Å². The Kier molecular flexibility index (Phi) is 9.60. The molecule has 0 spiro atoms. The van der Waals surface area contributed by atoms with Crippen molar-refractivity contribution in [3.8, 4) is 11.3 Å². The Morgan fingerprint density at radius 2 is 1.85 bits per heavy atom. The molecule has 1 aromatic carbocycles. The summed E-state index contributed by atoms with van der Waals surface area (Å²) in [4.78, 5) is 4.73. The Morgan fingerprint density at radius 1 is 1.15 bits per heavy atom. The highest BCUT2D eigenvalue weighted by Crippen LogP contribution is 2.31. The molecule has 3 rings (SSSR count). The minimum atomic E-state index is -0.948. The first-order chi connectivity index (χ1) is 16.2. The monoisotopic (exact) mass is 534 g/mol. The maximum absolute atomic E-state index is 13.8. The number of thioether (sulfide) groups is 1. The Balaban J connectivity index is 1.84. The summed E-state index contributed by atoms with van der Waals surface area (Å²) in [6.07, 6.45) is 2.10. The van der Waals surface area contributed by atoms with Gasteiger partial charge in [0, 0.05) is 30.0 Å². The highest BCUT2D eigenvalue weighted by molar-refractivity contribution is 7.99. The average molecular weight is 535 g/mol. The Labute approximate surface area is 208 Å². The molecule has 0 amide bonds. The van der Waals surface area contributed by atoms with Crippen LogP contribution < -0.4 is 0 Å². The molecule has 8 nitrogen and oxygen atoms in total. The quantitative estimate of drug-likeness (QED) is 0.217. The number of hydrogen-bond acceptors (Lipinski definition) is 8. The van der Waals surface area contributed by atoms with Gasteiger partial charge in [-0.1, -0.05) is 40.2 Å². The number of rotatable bonds is 11. The molecule has 3 aromatic rings. The molecule has 0 aliphatic rings. The van der Waals surface area contributed by atoms with Crippen LogP contribution in [0.15, 0.2) is 41.7 Å². The van der Waals surface area contributed by atoms with Gasteiger partial charge in [-0.25, -0.2) is 13.5 Å². The van der Waals surface area contributed by atoms with E-state index >= 15 is 0 Å². The van der Waals surface area contributed by atoms with Crippen molar-refractivity contribution < 1.29 is 28.5 Å². The maximum Gasteiger partial charge on any atom is 0.145 e. The van der Waals surface area contributed by atoms with Gasteiger partial charge in [-0.3, -0.25) is 4.98 Å². The van der Waals surface area contributed by atoms with Crippen molar-refractivity contribution in [3.05, 3.63) is 58.5 Å². The van der Waals surface area contributed by atoms with E-state index in [1.807, 2.05) is 0 Å². The number of halogens is 4. The molecule has 0 bridgehead atoms. The molecule has 2 heterocycles. The summed E-state index contributed by atoms with van der Waals surface area (Å²) in [5.74, 6) is -1.82. The smallest absolute Gasteiger partial charge is 0.145 e. The van der Waals surface area contributed by atoms with E-state index in [9.17, 15) is 19.0 Å². The molecule has 4 atom stereocenters. The number of nitrogens with zero attached hydrogens (tertiary/aromatic N) is 4. The zero-order valence-corrected chi connectivity index (χ0v) is 20.4. The van der Waals surface area contributed by atoms with Crippen LogP contribution in [0.4, 0.5) is 8.78 Å². The molecule has 184 valence electrons. The Bertz CT molecular complexity index is 1090. The normalized spacial score (nSPS) is 15.2. The van der Waals surface area contributed by atoms with Gasteiger partial charge in [0.2, 0.25) is 0 Å². The standard InChI is InChI=1S/C21H22Cl2F2N4O4S/c1-11(31)19(10-30)33-21(34-14-5-13(22)6-26-7-14)18(32-2)9-29-8-17(27-28-29)12-3-15(24)20(23)16(25)4-12/h3-8,11,18-19,21,30-31H,9-10H2,1-2H3/t11-,18+,19?,21?/m1/s1. The van der Waals surface area contributed by atoms with Gasteiger partial charge in [0.05, 0.1) is 30.5 Å². The van der Waals surface area contributed by atoms with Crippen LogP contribution in [0.1, 0.15) is 6.92 Å². The van der Waals surface area contributed by atoms with Crippen molar-refractivity contribution in [1.82, 2.24) is 20.0 Å². The van der Waals surface area contributed by atoms with Crippen LogP contribution >= 0.6 is 35.0 Å². The molecule has 0 saturated carbocycles. The van der Waals surface area contributed by atoms with Crippen LogP contribution in [0, 0.1) is 11.6 Å². The second-order valence-electron chi connectivity index (χ2n) is 7.28. The van der Waals surface area contributed by atoms with Crippen molar-refractivity contribution in [1.29, 1.82) is 0 Å². The van der Waals surface area contributed by atoms with Crippen molar-refractivity contribution in [2.45, 2.75) is 42.1 Å². The minimum Gasteiger partial charge on any atom is -0.394 e. The summed E-state index contributed by atoms with van der Waals surface area (Å²) in [6, 6.07) is 3.82. The molecule has 13 heteroatoms. The van der Waals surface area contributed by atoms with Gasteiger partial charge in [0.15, 0.2) is 0 Å². The van der Waals surface area contributed by atoms with Gasteiger partial charge >= 0.3 is 0 Å². The Morgan fingerprint density at radius 3 is 2.44 bits per heavy atom. The summed E-state index contributed by atoms with van der Waals surface area (Å²) < 4.78 is 40.7. The predicted octanol–water partition coefficient (Wildman–Crippen LogP) is 3.82. The van der Waals surface area contributed by atoms with Crippen LogP contribution in [0.5, 0.6) is 0 Å². The SMILES string of the molecule is CO[C@@H](Cn1cc(-c2cc(F)c(Cl)c(F)c2)nn1)C(OC(CO)[C@@H](C)O)Sc1cncc(Cl)c1. The second kappa shape index (κ2) is 12.2. The van der Waals surface area contributed by atoms with E-state index in [-0.39, 0.29) is 17.8 Å². The highest BCUT2D eigenvalue weighted by Gasteiger charge is 2.29. The highest BCUT2D eigenvalue weighted by atomic mass is 35.5. The molecule has 0 fully saturated rings. The third kappa shape index (κ3) is 6.85. The first-order valence-corrected chi connectivity index (χ1v) is 11.6. The Hall–Kier alpha value is -1.86. The molecular weight excluding hydrogens is 513 g/mol. The van der Waals surface area contributed by atoms with Crippen LogP contribution in [-0.2, 0) is 16.0 Å². The van der Waals surface area contributed by atoms with Crippen LogP contribution in [0.3, 0.4) is 0 Å². The number of methoxy groups -OCH3 is 1. The fourth-order valence-electron chi connectivity index (χ4n) is 2.94.